The average Bonchev–Trinajstić information content (AvgIpc) is 2.49. The van der Waals surface area contributed by atoms with E-state index in [4.69, 9.17) is 4.74 Å². The molecule has 0 aromatic heterocycles. The number of nitrogens with one attached hydrogen (secondary N) is 1. The Kier molecular flexibility index (Phi) is 4.99. The Bertz CT molecular complexity index is 522. The third kappa shape index (κ3) is 4.09. The highest BCUT2D eigenvalue weighted by molar-refractivity contribution is 9.10. The molecule has 0 unspecified atom stereocenters. The van der Waals surface area contributed by atoms with E-state index in [2.05, 4.69) is 45.3 Å². The van der Waals surface area contributed by atoms with Gasteiger partial charge in [0.1, 0.15) is 12.4 Å². The molecule has 0 spiro atoms. The van der Waals surface area contributed by atoms with Gasteiger partial charge in [0.15, 0.2) is 0 Å². The highest BCUT2D eigenvalue weighted by Gasteiger charge is 2.17. The minimum atomic E-state index is 0.703. The van der Waals surface area contributed by atoms with E-state index >= 15 is 0 Å². The topological polar surface area (TPSA) is 24.5 Å². The zero-order valence-electron chi connectivity index (χ0n) is 12.6. The van der Waals surface area contributed by atoms with Crippen LogP contribution in [0.5, 0.6) is 5.75 Å². The van der Waals surface area contributed by atoms with Gasteiger partial charge < -0.3 is 15.0 Å². The van der Waals surface area contributed by atoms with Crippen molar-refractivity contribution in [1.82, 2.24) is 10.2 Å². The van der Waals surface area contributed by atoms with Gasteiger partial charge in [-0.2, -0.15) is 0 Å². The molecule has 3 nitrogen and oxygen atoms in total. The fraction of sp³-hybridized carbons (Fsp3) is 0.529. The monoisotopic (exact) mass is 350 g/mol. The number of halogens is 1. The number of likely N-dealkylation sites (tertiary alicyclic amines) is 1. The van der Waals surface area contributed by atoms with Crippen LogP contribution in [-0.4, -0.2) is 44.7 Å². The number of hydrogen-bond donors (Lipinski definition) is 1. The van der Waals surface area contributed by atoms with Crippen molar-refractivity contribution in [3.05, 3.63) is 33.8 Å². The van der Waals surface area contributed by atoms with Crippen LogP contribution in [0.1, 0.15) is 18.4 Å². The Morgan fingerprint density at radius 3 is 2.95 bits per heavy atom. The van der Waals surface area contributed by atoms with E-state index in [9.17, 15) is 0 Å². The maximum absolute atomic E-state index is 5.81. The first-order valence-corrected chi connectivity index (χ1v) is 8.51. The van der Waals surface area contributed by atoms with Gasteiger partial charge in [-0.15, -0.1) is 0 Å². The van der Waals surface area contributed by atoms with Crippen molar-refractivity contribution in [2.45, 2.75) is 12.8 Å². The van der Waals surface area contributed by atoms with E-state index in [0.717, 1.165) is 29.2 Å². The lowest BCUT2D eigenvalue weighted by atomic mass is 9.97. The predicted molar refractivity (Wildman–Crippen MR) is 90.7 cm³/mol. The van der Waals surface area contributed by atoms with Gasteiger partial charge in [0.05, 0.1) is 0 Å². The number of benzene rings is 1. The van der Waals surface area contributed by atoms with E-state index in [1.165, 1.54) is 37.1 Å². The maximum atomic E-state index is 5.81. The van der Waals surface area contributed by atoms with E-state index in [-0.39, 0.29) is 0 Å². The Balaban J connectivity index is 1.50. The lowest BCUT2D eigenvalue weighted by Crippen LogP contribution is -2.35. The summed E-state index contributed by atoms with van der Waals surface area (Å²) in [6.07, 6.45) is 4.88. The molecule has 2 aliphatic rings. The van der Waals surface area contributed by atoms with E-state index in [1.807, 2.05) is 12.1 Å². The van der Waals surface area contributed by atoms with Crippen molar-refractivity contribution < 1.29 is 4.74 Å². The summed E-state index contributed by atoms with van der Waals surface area (Å²) < 4.78 is 6.91. The van der Waals surface area contributed by atoms with Gasteiger partial charge in [-0.05, 0) is 75.3 Å². The molecule has 2 aliphatic heterocycles. The van der Waals surface area contributed by atoms with Crippen LogP contribution in [0.15, 0.2) is 28.2 Å². The van der Waals surface area contributed by atoms with Gasteiger partial charge in [-0.3, -0.25) is 0 Å². The van der Waals surface area contributed by atoms with Gasteiger partial charge in [0.25, 0.3) is 0 Å². The van der Waals surface area contributed by atoms with Gasteiger partial charge in [0, 0.05) is 16.6 Å². The van der Waals surface area contributed by atoms with Gasteiger partial charge in [-0.25, -0.2) is 0 Å². The molecule has 1 aromatic carbocycles. The van der Waals surface area contributed by atoms with Crippen molar-refractivity contribution in [1.29, 1.82) is 0 Å². The first-order valence-electron chi connectivity index (χ1n) is 7.72. The summed E-state index contributed by atoms with van der Waals surface area (Å²) in [5.41, 5.74) is 2.50. The molecule has 1 N–H and O–H groups in total. The van der Waals surface area contributed by atoms with Crippen molar-refractivity contribution >= 4 is 22.0 Å². The quantitative estimate of drug-likeness (QED) is 0.902. The lowest BCUT2D eigenvalue weighted by Gasteiger charge is -2.29. The molecule has 4 heteroatoms. The molecule has 0 amide bonds. The third-order valence-electron chi connectivity index (χ3n) is 4.37. The van der Waals surface area contributed by atoms with Crippen molar-refractivity contribution in [2.24, 2.45) is 5.92 Å². The third-order valence-corrected chi connectivity index (χ3v) is 4.86. The molecule has 0 atom stereocenters. The molecule has 0 radical (unpaired) electrons. The lowest BCUT2D eigenvalue weighted by molar-refractivity contribution is 0.216. The first kappa shape index (κ1) is 15.1. The number of hydrogen-bond acceptors (Lipinski definition) is 3. The molecule has 1 fully saturated rings. The average molecular weight is 351 g/mol. The smallest absolute Gasteiger partial charge is 0.127 e. The van der Waals surface area contributed by atoms with Crippen LogP contribution >= 0.6 is 15.9 Å². The van der Waals surface area contributed by atoms with Crippen LogP contribution in [0, 0.1) is 5.92 Å². The van der Waals surface area contributed by atoms with Crippen molar-refractivity contribution in [3.63, 3.8) is 0 Å². The maximum Gasteiger partial charge on any atom is 0.127 e. The number of piperidine rings is 1. The van der Waals surface area contributed by atoms with Gasteiger partial charge in [0.2, 0.25) is 0 Å². The molecule has 21 heavy (non-hydrogen) atoms. The molecule has 3 rings (SSSR count). The van der Waals surface area contributed by atoms with Crippen LogP contribution < -0.4 is 10.1 Å². The number of nitrogens with zero attached hydrogens (tertiary/aromatic N) is 1. The normalized spacial score (nSPS) is 19.8. The Hall–Kier alpha value is -0.840. The van der Waals surface area contributed by atoms with Gasteiger partial charge in [-0.1, -0.05) is 15.9 Å². The van der Waals surface area contributed by atoms with Crippen LogP contribution in [0.2, 0.25) is 0 Å². The largest absolute Gasteiger partial charge is 0.489 e. The SMILES string of the molecule is CN1CCC(CNCC2=Cc3cc(Br)ccc3OC2)CC1. The second-order valence-corrected chi connectivity index (χ2v) is 7.07. The predicted octanol–water partition coefficient (Wildman–Crippen LogP) is 3.16. The molecule has 1 saturated heterocycles. The number of rotatable bonds is 4. The highest BCUT2D eigenvalue weighted by Crippen LogP contribution is 2.28. The Morgan fingerprint density at radius 2 is 2.14 bits per heavy atom. The minimum Gasteiger partial charge on any atom is -0.489 e. The summed E-state index contributed by atoms with van der Waals surface area (Å²) in [5, 5.41) is 3.61. The molecule has 1 aromatic rings. The zero-order chi connectivity index (χ0) is 14.7. The van der Waals surface area contributed by atoms with Gasteiger partial charge >= 0.3 is 0 Å². The van der Waals surface area contributed by atoms with Crippen molar-refractivity contribution in [3.8, 4) is 5.75 Å². The zero-order valence-corrected chi connectivity index (χ0v) is 14.2. The standard InChI is InChI=1S/C17H23BrN2O/c1-20-6-4-13(5-7-20)10-19-11-14-8-15-9-16(18)2-3-17(15)21-12-14/h2-3,8-9,13,19H,4-7,10-12H2,1H3. The fourth-order valence-electron chi connectivity index (χ4n) is 3.00. The summed E-state index contributed by atoms with van der Waals surface area (Å²) in [6, 6.07) is 6.17. The van der Waals surface area contributed by atoms with Crippen LogP contribution in [-0.2, 0) is 0 Å². The Labute approximate surface area is 135 Å². The van der Waals surface area contributed by atoms with E-state index in [0.29, 0.717) is 6.61 Å². The molecule has 2 heterocycles. The highest BCUT2D eigenvalue weighted by atomic mass is 79.9. The molecule has 0 bridgehead atoms. The second-order valence-electron chi connectivity index (χ2n) is 6.15. The van der Waals surface area contributed by atoms with Crippen LogP contribution in [0.3, 0.4) is 0 Å². The number of ether oxygens (including phenoxy) is 1. The van der Waals surface area contributed by atoms with Crippen molar-refractivity contribution in [2.75, 3.05) is 39.8 Å². The van der Waals surface area contributed by atoms with E-state index in [1.54, 1.807) is 0 Å². The first-order chi connectivity index (χ1) is 10.2. The Morgan fingerprint density at radius 1 is 1.33 bits per heavy atom. The molecular weight excluding hydrogens is 328 g/mol. The minimum absolute atomic E-state index is 0.703. The molecule has 0 saturated carbocycles. The second kappa shape index (κ2) is 6.95. The summed E-state index contributed by atoms with van der Waals surface area (Å²) in [7, 11) is 2.21. The number of fused-ring (bicyclic) bond motifs is 1. The summed E-state index contributed by atoms with van der Waals surface area (Å²) in [6.45, 7) is 5.23. The molecule has 0 aliphatic carbocycles. The molecule has 114 valence electrons. The van der Waals surface area contributed by atoms with Crippen LogP contribution in [0.25, 0.3) is 6.08 Å². The van der Waals surface area contributed by atoms with E-state index < -0.39 is 0 Å². The van der Waals surface area contributed by atoms with Crippen LogP contribution in [0.4, 0.5) is 0 Å². The molecular formula is C17H23BrN2O. The fourth-order valence-corrected chi connectivity index (χ4v) is 3.38. The summed E-state index contributed by atoms with van der Waals surface area (Å²) in [5.74, 6) is 1.81. The summed E-state index contributed by atoms with van der Waals surface area (Å²) in [4.78, 5) is 2.42. The summed E-state index contributed by atoms with van der Waals surface area (Å²) >= 11 is 3.52.